The van der Waals surface area contributed by atoms with Gasteiger partial charge in [-0.2, -0.15) is 0 Å². The molecule has 1 aromatic carbocycles. The molecule has 2 aromatic rings. The minimum absolute atomic E-state index is 0.0237. The molecule has 1 aliphatic heterocycles. The average Bonchev–Trinajstić information content (AvgIpc) is 3.32. The molecule has 130 valence electrons. The standard InChI is InChI=1S/C18H20N4O2S/c23-16(20-18-21-19-11-25-18)13-7-9-22(10-8-13)17(24)15-6-2-4-12-3-1-5-14(12)15/h2,4,6,11,13H,1,3,5,7-10H2,(H,20,21,23). The molecule has 1 saturated heterocycles. The van der Waals surface area contributed by atoms with E-state index >= 15 is 0 Å². The van der Waals surface area contributed by atoms with Crippen LogP contribution < -0.4 is 5.32 Å². The number of carbonyl (C=O) groups is 2. The largest absolute Gasteiger partial charge is 0.339 e. The van der Waals surface area contributed by atoms with E-state index in [-0.39, 0.29) is 17.7 Å². The maximum atomic E-state index is 12.9. The molecule has 1 aliphatic carbocycles. The van der Waals surface area contributed by atoms with Gasteiger partial charge in [0.15, 0.2) is 0 Å². The zero-order valence-corrected chi connectivity index (χ0v) is 14.7. The zero-order valence-electron chi connectivity index (χ0n) is 13.9. The number of amides is 2. The molecule has 0 saturated carbocycles. The Hall–Kier alpha value is -2.28. The summed E-state index contributed by atoms with van der Waals surface area (Å²) in [6, 6.07) is 6.06. The quantitative estimate of drug-likeness (QED) is 0.917. The molecule has 2 amide bonds. The SMILES string of the molecule is O=C(Nc1nncs1)C1CCN(C(=O)c2cccc3c2CCC3)CC1. The van der Waals surface area contributed by atoms with Crippen molar-refractivity contribution in [2.45, 2.75) is 32.1 Å². The monoisotopic (exact) mass is 356 g/mol. The van der Waals surface area contributed by atoms with E-state index in [9.17, 15) is 9.59 Å². The summed E-state index contributed by atoms with van der Waals surface area (Å²) in [7, 11) is 0. The molecule has 0 bridgehead atoms. The summed E-state index contributed by atoms with van der Waals surface area (Å²) in [5.41, 5.74) is 4.99. The molecule has 0 radical (unpaired) electrons. The van der Waals surface area contributed by atoms with Crippen molar-refractivity contribution in [3.63, 3.8) is 0 Å². The van der Waals surface area contributed by atoms with Crippen LogP contribution in [0.5, 0.6) is 0 Å². The van der Waals surface area contributed by atoms with Crippen molar-refractivity contribution < 1.29 is 9.59 Å². The second kappa shape index (κ2) is 6.92. The highest BCUT2D eigenvalue weighted by atomic mass is 32.1. The van der Waals surface area contributed by atoms with E-state index in [2.05, 4.69) is 21.6 Å². The number of hydrogen-bond donors (Lipinski definition) is 1. The highest BCUT2D eigenvalue weighted by Crippen LogP contribution is 2.28. The number of nitrogens with zero attached hydrogens (tertiary/aromatic N) is 3. The zero-order chi connectivity index (χ0) is 17.2. The first-order valence-electron chi connectivity index (χ1n) is 8.69. The molecule has 0 spiro atoms. The number of fused-ring (bicyclic) bond motifs is 1. The van der Waals surface area contributed by atoms with E-state index in [0.717, 1.165) is 24.8 Å². The third-order valence-electron chi connectivity index (χ3n) is 5.12. The van der Waals surface area contributed by atoms with E-state index in [1.807, 2.05) is 17.0 Å². The van der Waals surface area contributed by atoms with Gasteiger partial charge < -0.3 is 10.2 Å². The Morgan fingerprint density at radius 3 is 2.80 bits per heavy atom. The molecule has 6 nitrogen and oxygen atoms in total. The Labute approximate surface area is 150 Å². The Morgan fingerprint density at radius 2 is 2.04 bits per heavy atom. The first-order valence-corrected chi connectivity index (χ1v) is 9.57. The molecule has 2 heterocycles. The first-order chi connectivity index (χ1) is 12.2. The number of aromatic nitrogens is 2. The lowest BCUT2D eigenvalue weighted by Gasteiger charge is -2.31. The van der Waals surface area contributed by atoms with Gasteiger partial charge in [0.05, 0.1) is 0 Å². The maximum absolute atomic E-state index is 12.9. The number of benzene rings is 1. The van der Waals surface area contributed by atoms with Gasteiger partial charge in [0, 0.05) is 24.6 Å². The van der Waals surface area contributed by atoms with Gasteiger partial charge in [-0.15, -0.1) is 10.2 Å². The van der Waals surface area contributed by atoms with Gasteiger partial charge in [0.1, 0.15) is 5.51 Å². The molecular formula is C18H20N4O2S. The third-order valence-corrected chi connectivity index (χ3v) is 5.73. The van der Waals surface area contributed by atoms with Crippen molar-refractivity contribution in [2.24, 2.45) is 5.92 Å². The van der Waals surface area contributed by atoms with Crippen molar-refractivity contribution in [3.05, 3.63) is 40.4 Å². The van der Waals surface area contributed by atoms with Crippen molar-refractivity contribution in [1.82, 2.24) is 15.1 Å². The molecule has 2 aliphatic rings. The van der Waals surface area contributed by atoms with E-state index in [1.54, 1.807) is 5.51 Å². The molecular weight excluding hydrogens is 336 g/mol. The summed E-state index contributed by atoms with van der Waals surface area (Å²) in [6.07, 6.45) is 4.58. The normalized spacial score (nSPS) is 17.4. The van der Waals surface area contributed by atoms with E-state index in [4.69, 9.17) is 0 Å². The van der Waals surface area contributed by atoms with Crippen LogP contribution in [0.2, 0.25) is 0 Å². The number of nitrogens with one attached hydrogen (secondary N) is 1. The fourth-order valence-electron chi connectivity index (χ4n) is 3.77. The minimum atomic E-state index is -0.0746. The summed E-state index contributed by atoms with van der Waals surface area (Å²) in [5.74, 6) is 0.0145. The fraction of sp³-hybridized carbons (Fsp3) is 0.444. The third kappa shape index (κ3) is 3.28. The van der Waals surface area contributed by atoms with Crippen molar-refractivity contribution in [2.75, 3.05) is 18.4 Å². The summed E-state index contributed by atoms with van der Waals surface area (Å²) in [6.45, 7) is 1.24. The Morgan fingerprint density at radius 1 is 1.20 bits per heavy atom. The van der Waals surface area contributed by atoms with Gasteiger partial charge in [-0.25, -0.2) is 0 Å². The molecule has 7 heteroatoms. The van der Waals surface area contributed by atoms with Gasteiger partial charge in [0.25, 0.3) is 5.91 Å². The summed E-state index contributed by atoms with van der Waals surface area (Å²) in [5, 5.41) is 10.9. The van der Waals surface area contributed by atoms with Crippen LogP contribution in [0.1, 0.15) is 40.7 Å². The number of likely N-dealkylation sites (tertiary alicyclic amines) is 1. The van der Waals surface area contributed by atoms with Crippen LogP contribution in [0, 0.1) is 5.92 Å². The van der Waals surface area contributed by atoms with Crippen LogP contribution in [0.25, 0.3) is 0 Å². The highest BCUT2D eigenvalue weighted by molar-refractivity contribution is 7.13. The molecule has 1 N–H and O–H groups in total. The van der Waals surface area contributed by atoms with E-state index < -0.39 is 0 Å². The van der Waals surface area contributed by atoms with Gasteiger partial charge in [-0.05, 0) is 49.3 Å². The second-order valence-corrected chi connectivity index (χ2v) is 7.43. The molecule has 4 rings (SSSR count). The number of aryl methyl sites for hydroxylation is 1. The molecule has 1 aromatic heterocycles. The topological polar surface area (TPSA) is 75.2 Å². The predicted molar refractivity (Wildman–Crippen MR) is 95.6 cm³/mol. The Balaban J connectivity index is 1.38. The van der Waals surface area contributed by atoms with Crippen LogP contribution >= 0.6 is 11.3 Å². The number of anilines is 1. The van der Waals surface area contributed by atoms with Crippen LogP contribution in [-0.2, 0) is 17.6 Å². The number of rotatable bonds is 3. The fourth-order valence-corrected chi connectivity index (χ4v) is 4.22. The van der Waals surface area contributed by atoms with Gasteiger partial charge >= 0.3 is 0 Å². The van der Waals surface area contributed by atoms with Crippen LogP contribution in [0.3, 0.4) is 0 Å². The highest BCUT2D eigenvalue weighted by Gasteiger charge is 2.29. The molecule has 0 unspecified atom stereocenters. The van der Waals surface area contributed by atoms with E-state index in [0.29, 0.717) is 31.1 Å². The van der Waals surface area contributed by atoms with Crippen molar-refractivity contribution >= 4 is 28.3 Å². The Bertz CT molecular complexity index is 782. The lowest BCUT2D eigenvalue weighted by Crippen LogP contribution is -2.41. The van der Waals surface area contributed by atoms with Gasteiger partial charge in [-0.1, -0.05) is 23.5 Å². The van der Waals surface area contributed by atoms with Crippen LogP contribution in [-0.4, -0.2) is 40.0 Å². The first kappa shape index (κ1) is 16.2. The van der Waals surface area contributed by atoms with Crippen molar-refractivity contribution in [1.29, 1.82) is 0 Å². The number of hydrogen-bond acceptors (Lipinski definition) is 5. The smallest absolute Gasteiger partial charge is 0.254 e. The van der Waals surface area contributed by atoms with E-state index in [1.165, 1.54) is 22.5 Å². The summed E-state index contributed by atoms with van der Waals surface area (Å²) in [4.78, 5) is 27.1. The predicted octanol–water partition coefficient (Wildman–Crippen LogP) is 2.52. The lowest BCUT2D eigenvalue weighted by atomic mass is 9.94. The van der Waals surface area contributed by atoms with Crippen LogP contribution in [0.4, 0.5) is 5.13 Å². The maximum Gasteiger partial charge on any atom is 0.254 e. The van der Waals surface area contributed by atoms with Crippen LogP contribution in [0.15, 0.2) is 23.7 Å². The summed E-state index contributed by atoms with van der Waals surface area (Å²) < 4.78 is 0. The lowest BCUT2D eigenvalue weighted by molar-refractivity contribution is -0.121. The number of piperidine rings is 1. The molecule has 0 atom stereocenters. The molecule has 25 heavy (non-hydrogen) atoms. The van der Waals surface area contributed by atoms with Crippen molar-refractivity contribution in [3.8, 4) is 0 Å². The minimum Gasteiger partial charge on any atom is -0.339 e. The molecule has 1 fully saturated rings. The van der Waals surface area contributed by atoms with Gasteiger partial charge in [-0.3, -0.25) is 9.59 Å². The average molecular weight is 356 g/mol. The Kier molecular flexibility index (Phi) is 4.48. The van der Waals surface area contributed by atoms with Gasteiger partial charge in [0.2, 0.25) is 11.0 Å². The number of carbonyl (C=O) groups excluding carboxylic acids is 2. The summed E-state index contributed by atoms with van der Waals surface area (Å²) >= 11 is 1.31. The second-order valence-electron chi connectivity index (χ2n) is 6.60.